The molecule has 0 aliphatic heterocycles. The molecule has 0 aliphatic carbocycles. The molecule has 16 heavy (non-hydrogen) atoms. The molecule has 0 aliphatic rings. The summed E-state index contributed by atoms with van der Waals surface area (Å²) in [6.45, 7) is 2.17. The molecule has 0 radical (unpaired) electrons. The van der Waals surface area contributed by atoms with Crippen LogP contribution in [0.2, 0.25) is 0 Å². The monoisotopic (exact) mass is 223 g/mol. The Labute approximate surface area is 94.9 Å². The Bertz CT molecular complexity index is 333. The van der Waals surface area contributed by atoms with E-state index in [1.54, 1.807) is 31.2 Å². The van der Waals surface area contributed by atoms with Gasteiger partial charge in [-0.25, -0.2) is 0 Å². The molecule has 0 saturated carbocycles. The van der Waals surface area contributed by atoms with E-state index in [-0.39, 0.29) is 11.7 Å². The average molecular weight is 223 g/mol. The number of phenolic OH excluding ortho intramolecular Hbond substituents is 1. The van der Waals surface area contributed by atoms with Gasteiger partial charge in [0, 0.05) is 6.54 Å². The van der Waals surface area contributed by atoms with Gasteiger partial charge in [0.2, 0.25) is 5.91 Å². The van der Waals surface area contributed by atoms with Gasteiger partial charge in [-0.1, -0.05) is 12.1 Å². The second kappa shape index (κ2) is 6.12. The van der Waals surface area contributed by atoms with Crippen LogP contribution in [0.1, 0.15) is 18.9 Å². The molecule has 0 spiro atoms. The van der Waals surface area contributed by atoms with Gasteiger partial charge in [-0.2, -0.15) is 0 Å². The molecule has 0 saturated heterocycles. The molecule has 0 fully saturated rings. The zero-order chi connectivity index (χ0) is 12.0. The minimum Gasteiger partial charge on any atom is -0.508 e. The second-order valence-corrected chi connectivity index (χ2v) is 3.83. The average Bonchev–Trinajstić information content (AvgIpc) is 2.21. The number of carbonyl (C=O) groups excluding carboxylic acids is 1. The van der Waals surface area contributed by atoms with Gasteiger partial charge in [0.05, 0.1) is 12.5 Å². The largest absolute Gasteiger partial charge is 0.508 e. The van der Waals surface area contributed by atoms with E-state index >= 15 is 0 Å². The minimum absolute atomic E-state index is 0.0775. The lowest BCUT2D eigenvalue weighted by atomic mass is 10.1. The maximum Gasteiger partial charge on any atom is 0.224 e. The molecule has 1 atom stereocenters. The number of hydrogen-bond donors (Lipinski definition) is 3. The van der Waals surface area contributed by atoms with E-state index in [0.717, 1.165) is 5.56 Å². The number of rotatable bonds is 5. The van der Waals surface area contributed by atoms with Crippen LogP contribution in [0.5, 0.6) is 5.75 Å². The molecule has 4 heteroatoms. The number of benzene rings is 1. The van der Waals surface area contributed by atoms with Crippen LogP contribution < -0.4 is 5.32 Å². The highest BCUT2D eigenvalue weighted by atomic mass is 16.3. The van der Waals surface area contributed by atoms with E-state index in [4.69, 9.17) is 10.2 Å². The van der Waals surface area contributed by atoms with Crippen LogP contribution >= 0.6 is 0 Å². The third-order valence-electron chi connectivity index (χ3n) is 2.19. The first kappa shape index (κ1) is 12.5. The summed E-state index contributed by atoms with van der Waals surface area (Å²) >= 11 is 0. The number of nitrogens with one attached hydrogen (secondary N) is 1. The van der Waals surface area contributed by atoms with Crippen molar-refractivity contribution in [3.8, 4) is 5.75 Å². The summed E-state index contributed by atoms with van der Waals surface area (Å²) in [5, 5.41) is 20.8. The molecule has 1 rings (SSSR count). The maximum absolute atomic E-state index is 11.4. The number of aromatic hydroxyl groups is 1. The summed E-state index contributed by atoms with van der Waals surface area (Å²) in [7, 11) is 0. The molecule has 1 aromatic carbocycles. The first-order valence-electron chi connectivity index (χ1n) is 5.30. The molecule has 1 unspecified atom stereocenters. The number of carbonyl (C=O) groups is 1. The van der Waals surface area contributed by atoms with Crippen molar-refractivity contribution >= 4 is 5.91 Å². The second-order valence-electron chi connectivity index (χ2n) is 3.83. The van der Waals surface area contributed by atoms with Crippen molar-refractivity contribution in [3.63, 3.8) is 0 Å². The van der Waals surface area contributed by atoms with Crippen LogP contribution in [0.3, 0.4) is 0 Å². The lowest BCUT2D eigenvalue weighted by Gasteiger charge is -2.06. The SMILES string of the molecule is CC(O)CCNC(=O)Cc1ccc(O)cc1. The Balaban J connectivity index is 2.31. The fourth-order valence-corrected chi connectivity index (χ4v) is 1.28. The molecule has 88 valence electrons. The Morgan fingerprint density at radius 1 is 1.38 bits per heavy atom. The van der Waals surface area contributed by atoms with Crippen LogP contribution in [0.4, 0.5) is 0 Å². The van der Waals surface area contributed by atoms with Gasteiger partial charge >= 0.3 is 0 Å². The van der Waals surface area contributed by atoms with Gasteiger partial charge in [0.1, 0.15) is 5.75 Å². The van der Waals surface area contributed by atoms with Crippen molar-refractivity contribution in [2.24, 2.45) is 0 Å². The zero-order valence-corrected chi connectivity index (χ0v) is 9.31. The van der Waals surface area contributed by atoms with Crippen LogP contribution in [0, 0.1) is 0 Å². The van der Waals surface area contributed by atoms with Crippen molar-refractivity contribution in [1.82, 2.24) is 5.32 Å². The summed E-state index contributed by atoms with van der Waals surface area (Å²) in [4.78, 5) is 11.4. The number of phenols is 1. The lowest BCUT2D eigenvalue weighted by molar-refractivity contribution is -0.120. The van der Waals surface area contributed by atoms with E-state index in [9.17, 15) is 4.79 Å². The highest BCUT2D eigenvalue weighted by Crippen LogP contribution is 2.09. The highest BCUT2D eigenvalue weighted by molar-refractivity contribution is 5.78. The number of aliphatic hydroxyl groups excluding tert-OH is 1. The van der Waals surface area contributed by atoms with E-state index in [2.05, 4.69) is 5.32 Å². The number of hydrogen-bond acceptors (Lipinski definition) is 3. The Kier molecular flexibility index (Phi) is 4.79. The number of amides is 1. The van der Waals surface area contributed by atoms with Gasteiger partial charge < -0.3 is 15.5 Å². The van der Waals surface area contributed by atoms with Crippen molar-refractivity contribution < 1.29 is 15.0 Å². The van der Waals surface area contributed by atoms with E-state index in [1.165, 1.54) is 0 Å². The summed E-state index contributed by atoms with van der Waals surface area (Å²) in [5.41, 5.74) is 0.854. The molecule has 0 heterocycles. The van der Waals surface area contributed by atoms with Gasteiger partial charge in [-0.05, 0) is 31.0 Å². The molecule has 0 bridgehead atoms. The summed E-state index contributed by atoms with van der Waals surface area (Å²) in [6, 6.07) is 6.53. The third kappa shape index (κ3) is 4.79. The summed E-state index contributed by atoms with van der Waals surface area (Å²) in [6.07, 6.45) is 0.454. The highest BCUT2D eigenvalue weighted by Gasteiger charge is 2.03. The van der Waals surface area contributed by atoms with Crippen molar-refractivity contribution in [2.45, 2.75) is 25.9 Å². The van der Waals surface area contributed by atoms with E-state index < -0.39 is 6.10 Å². The van der Waals surface area contributed by atoms with Crippen molar-refractivity contribution in [3.05, 3.63) is 29.8 Å². The fraction of sp³-hybridized carbons (Fsp3) is 0.417. The molecule has 1 amide bonds. The normalized spacial score (nSPS) is 12.1. The topological polar surface area (TPSA) is 69.6 Å². The molecule has 4 nitrogen and oxygen atoms in total. The van der Waals surface area contributed by atoms with Crippen molar-refractivity contribution in [2.75, 3.05) is 6.54 Å². The van der Waals surface area contributed by atoms with E-state index in [0.29, 0.717) is 19.4 Å². The Morgan fingerprint density at radius 2 is 2.00 bits per heavy atom. The van der Waals surface area contributed by atoms with Gasteiger partial charge in [-0.15, -0.1) is 0 Å². The predicted octanol–water partition coefficient (Wildman–Crippen LogP) is 0.822. The third-order valence-corrected chi connectivity index (χ3v) is 2.19. The fourth-order valence-electron chi connectivity index (χ4n) is 1.28. The summed E-state index contributed by atoms with van der Waals surface area (Å²) < 4.78 is 0. The van der Waals surface area contributed by atoms with Crippen LogP contribution in [0.15, 0.2) is 24.3 Å². The van der Waals surface area contributed by atoms with Crippen molar-refractivity contribution in [1.29, 1.82) is 0 Å². The maximum atomic E-state index is 11.4. The Hall–Kier alpha value is -1.55. The summed E-state index contributed by atoms with van der Waals surface area (Å²) in [5.74, 6) is 0.115. The Morgan fingerprint density at radius 3 is 2.56 bits per heavy atom. The zero-order valence-electron chi connectivity index (χ0n) is 9.31. The standard InChI is InChI=1S/C12H17NO3/c1-9(14)6-7-13-12(16)8-10-2-4-11(15)5-3-10/h2-5,9,14-15H,6-8H2,1H3,(H,13,16). The first-order valence-corrected chi connectivity index (χ1v) is 5.30. The number of aliphatic hydroxyl groups is 1. The first-order chi connectivity index (χ1) is 7.58. The van der Waals surface area contributed by atoms with Gasteiger partial charge in [0.15, 0.2) is 0 Å². The van der Waals surface area contributed by atoms with Crippen LogP contribution in [-0.4, -0.2) is 28.8 Å². The smallest absolute Gasteiger partial charge is 0.224 e. The lowest BCUT2D eigenvalue weighted by Crippen LogP contribution is -2.27. The molecule has 1 aromatic rings. The molecular formula is C12H17NO3. The minimum atomic E-state index is -0.394. The van der Waals surface area contributed by atoms with Crippen LogP contribution in [-0.2, 0) is 11.2 Å². The quantitative estimate of drug-likeness (QED) is 0.692. The predicted molar refractivity (Wildman–Crippen MR) is 61.1 cm³/mol. The molecule has 0 aromatic heterocycles. The van der Waals surface area contributed by atoms with Gasteiger partial charge in [0.25, 0.3) is 0 Å². The van der Waals surface area contributed by atoms with Crippen LogP contribution in [0.25, 0.3) is 0 Å². The molecular weight excluding hydrogens is 206 g/mol. The molecule has 3 N–H and O–H groups in total. The van der Waals surface area contributed by atoms with E-state index in [1.807, 2.05) is 0 Å². The van der Waals surface area contributed by atoms with Gasteiger partial charge in [-0.3, -0.25) is 4.79 Å².